The number of hydrogen-bond acceptors (Lipinski definition) is 5. The van der Waals surface area contributed by atoms with Crippen LogP contribution >= 0.6 is 0 Å². The number of carbonyl (C=O) groups excluding carboxylic acids is 1. The number of esters is 1. The van der Waals surface area contributed by atoms with Crippen molar-refractivity contribution in [3.05, 3.63) is 29.8 Å². The summed E-state index contributed by atoms with van der Waals surface area (Å²) < 4.78 is 14.8. The first kappa shape index (κ1) is 15.0. The zero-order valence-electron chi connectivity index (χ0n) is 10.6. The van der Waals surface area contributed by atoms with Crippen LogP contribution in [-0.2, 0) is 14.3 Å². The van der Waals surface area contributed by atoms with E-state index in [1.807, 2.05) is 0 Å². The van der Waals surface area contributed by atoms with Crippen molar-refractivity contribution < 1.29 is 28.9 Å². The lowest BCUT2D eigenvalue weighted by Crippen LogP contribution is -2.10. The summed E-state index contributed by atoms with van der Waals surface area (Å²) in [7, 11) is 1.32. The quantitative estimate of drug-likeness (QED) is 0.566. The molecule has 0 aliphatic carbocycles. The minimum Gasteiger partial charge on any atom is -0.494 e. The van der Waals surface area contributed by atoms with Crippen LogP contribution in [0.5, 0.6) is 5.75 Å². The maximum atomic E-state index is 11.2. The highest BCUT2D eigenvalue weighted by Gasteiger charge is 2.04. The van der Waals surface area contributed by atoms with Gasteiger partial charge in [-0.05, 0) is 24.3 Å². The molecule has 0 unspecified atom stereocenters. The van der Waals surface area contributed by atoms with E-state index in [0.29, 0.717) is 30.9 Å². The smallest absolute Gasteiger partial charge is 0.337 e. The van der Waals surface area contributed by atoms with Crippen LogP contribution in [0.25, 0.3) is 0 Å². The van der Waals surface area contributed by atoms with Crippen molar-refractivity contribution in [2.75, 3.05) is 26.9 Å². The van der Waals surface area contributed by atoms with Gasteiger partial charge in [-0.2, -0.15) is 0 Å². The summed E-state index contributed by atoms with van der Waals surface area (Å²) in [4.78, 5) is 21.4. The van der Waals surface area contributed by atoms with Crippen LogP contribution in [0.2, 0.25) is 0 Å². The Bertz CT molecular complexity index is 412. The monoisotopic (exact) mass is 268 g/mol. The molecule has 0 saturated carbocycles. The predicted molar refractivity (Wildman–Crippen MR) is 66.3 cm³/mol. The summed E-state index contributed by atoms with van der Waals surface area (Å²) in [6, 6.07) is 6.57. The molecule has 1 rings (SSSR count). The van der Waals surface area contributed by atoms with Crippen LogP contribution in [-0.4, -0.2) is 44.0 Å². The van der Waals surface area contributed by atoms with Crippen LogP contribution in [0.15, 0.2) is 24.3 Å². The van der Waals surface area contributed by atoms with Crippen molar-refractivity contribution >= 4 is 11.9 Å². The Hall–Kier alpha value is -2.08. The van der Waals surface area contributed by atoms with Crippen LogP contribution in [0.4, 0.5) is 0 Å². The van der Waals surface area contributed by atoms with E-state index in [1.165, 1.54) is 7.11 Å². The summed E-state index contributed by atoms with van der Waals surface area (Å²) >= 11 is 0. The van der Waals surface area contributed by atoms with E-state index < -0.39 is 11.9 Å². The Balaban J connectivity index is 2.23. The number of aliphatic carboxylic acids is 1. The van der Waals surface area contributed by atoms with Crippen molar-refractivity contribution in [1.29, 1.82) is 0 Å². The van der Waals surface area contributed by atoms with Crippen molar-refractivity contribution in [1.82, 2.24) is 0 Å². The van der Waals surface area contributed by atoms with E-state index in [1.54, 1.807) is 24.3 Å². The highest BCUT2D eigenvalue weighted by Crippen LogP contribution is 2.13. The minimum absolute atomic E-state index is 0.298. The molecule has 0 amide bonds. The third-order valence-corrected chi connectivity index (χ3v) is 2.20. The van der Waals surface area contributed by atoms with E-state index in [-0.39, 0.29) is 6.61 Å². The van der Waals surface area contributed by atoms with E-state index in [2.05, 4.69) is 4.74 Å². The Morgan fingerprint density at radius 2 is 1.84 bits per heavy atom. The molecule has 6 heteroatoms. The lowest BCUT2D eigenvalue weighted by molar-refractivity contribution is -0.142. The van der Waals surface area contributed by atoms with Gasteiger partial charge in [0.2, 0.25) is 0 Å². The Labute approximate surface area is 110 Å². The number of carbonyl (C=O) groups is 2. The van der Waals surface area contributed by atoms with Gasteiger partial charge in [0, 0.05) is 6.42 Å². The molecule has 104 valence electrons. The van der Waals surface area contributed by atoms with E-state index in [0.717, 1.165) is 0 Å². The first-order chi connectivity index (χ1) is 9.13. The summed E-state index contributed by atoms with van der Waals surface area (Å²) in [6.45, 7) is 0.442. The molecule has 0 aliphatic rings. The van der Waals surface area contributed by atoms with Gasteiger partial charge in [-0.3, -0.25) is 0 Å². The highest BCUT2D eigenvalue weighted by molar-refractivity contribution is 5.89. The Kier molecular flexibility index (Phi) is 6.38. The number of ether oxygens (including phenoxy) is 3. The van der Waals surface area contributed by atoms with E-state index in [9.17, 15) is 9.59 Å². The standard InChI is InChI=1S/C13H16O6/c1-17-13(16)10-3-5-11(6-4-10)19-8-2-7-18-9-12(14)15/h3-6H,2,7-9H2,1H3,(H,14,15). The second-order valence-electron chi connectivity index (χ2n) is 3.66. The van der Waals surface area contributed by atoms with Crippen molar-refractivity contribution in [2.24, 2.45) is 0 Å². The van der Waals surface area contributed by atoms with Gasteiger partial charge in [0.25, 0.3) is 0 Å². The molecule has 0 radical (unpaired) electrons. The van der Waals surface area contributed by atoms with Gasteiger partial charge >= 0.3 is 11.9 Å². The molecule has 19 heavy (non-hydrogen) atoms. The molecule has 0 spiro atoms. The van der Waals surface area contributed by atoms with Crippen LogP contribution < -0.4 is 4.74 Å². The normalized spacial score (nSPS) is 9.95. The van der Waals surface area contributed by atoms with Gasteiger partial charge in [0.15, 0.2) is 0 Å². The fraction of sp³-hybridized carbons (Fsp3) is 0.385. The lowest BCUT2D eigenvalue weighted by atomic mass is 10.2. The Morgan fingerprint density at radius 3 is 2.42 bits per heavy atom. The molecule has 6 nitrogen and oxygen atoms in total. The van der Waals surface area contributed by atoms with Crippen molar-refractivity contribution in [3.63, 3.8) is 0 Å². The molecule has 0 saturated heterocycles. The third-order valence-electron chi connectivity index (χ3n) is 2.20. The summed E-state index contributed by atoms with van der Waals surface area (Å²) in [6.07, 6.45) is 0.589. The van der Waals surface area contributed by atoms with Crippen molar-refractivity contribution in [3.8, 4) is 5.75 Å². The zero-order chi connectivity index (χ0) is 14.1. The van der Waals surface area contributed by atoms with Crippen LogP contribution in [0.1, 0.15) is 16.8 Å². The van der Waals surface area contributed by atoms with Gasteiger partial charge in [-0.1, -0.05) is 0 Å². The average Bonchev–Trinajstić information content (AvgIpc) is 2.42. The van der Waals surface area contributed by atoms with Gasteiger partial charge < -0.3 is 19.3 Å². The lowest BCUT2D eigenvalue weighted by Gasteiger charge is -2.06. The molecule has 0 atom stereocenters. The summed E-state index contributed by atoms with van der Waals surface area (Å²) in [5.74, 6) is -0.751. The molecular formula is C13H16O6. The summed E-state index contributed by atoms with van der Waals surface area (Å²) in [5.41, 5.74) is 0.458. The fourth-order valence-corrected chi connectivity index (χ4v) is 1.32. The SMILES string of the molecule is COC(=O)c1ccc(OCCCOCC(=O)O)cc1. The number of methoxy groups -OCH3 is 1. The Morgan fingerprint density at radius 1 is 1.16 bits per heavy atom. The third kappa shape index (κ3) is 5.87. The maximum absolute atomic E-state index is 11.2. The molecule has 0 bridgehead atoms. The van der Waals surface area contributed by atoms with E-state index in [4.69, 9.17) is 14.6 Å². The number of carboxylic acids is 1. The van der Waals surface area contributed by atoms with E-state index >= 15 is 0 Å². The topological polar surface area (TPSA) is 82.1 Å². The number of benzene rings is 1. The van der Waals surface area contributed by atoms with Gasteiger partial charge in [-0.25, -0.2) is 9.59 Å². The highest BCUT2D eigenvalue weighted by atomic mass is 16.5. The molecule has 0 fully saturated rings. The van der Waals surface area contributed by atoms with Gasteiger partial charge in [0.1, 0.15) is 12.4 Å². The second kappa shape index (κ2) is 8.10. The summed E-state index contributed by atoms with van der Waals surface area (Å²) in [5, 5.41) is 8.35. The van der Waals surface area contributed by atoms with Crippen LogP contribution in [0.3, 0.4) is 0 Å². The predicted octanol–water partition coefficient (Wildman–Crippen LogP) is 1.34. The molecule has 0 heterocycles. The maximum Gasteiger partial charge on any atom is 0.337 e. The molecule has 1 N–H and O–H groups in total. The van der Waals surface area contributed by atoms with Crippen molar-refractivity contribution in [2.45, 2.75) is 6.42 Å². The molecule has 1 aromatic carbocycles. The van der Waals surface area contributed by atoms with Crippen LogP contribution in [0, 0.1) is 0 Å². The first-order valence-electron chi connectivity index (χ1n) is 5.74. The zero-order valence-corrected chi connectivity index (χ0v) is 10.6. The average molecular weight is 268 g/mol. The molecule has 0 aromatic heterocycles. The van der Waals surface area contributed by atoms with Gasteiger partial charge in [0.05, 0.1) is 25.9 Å². The fourth-order valence-electron chi connectivity index (χ4n) is 1.32. The first-order valence-corrected chi connectivity index (χ1v) is 5.74. The second-order valence-corrected chi connectivity index (χ2v) is 3.66. The largest absolute Gasteiger partial charge is 0.494 e. The number of rotatable bonds is 8. The number of carboxylic acid groups (broad SMARTS) is 1. The molecule has 1 aromatic rings. The van der Waals surface area contributed by atoms with Gasteiger partial charge in [-0.15, -0.1) is 0 Å². The molecular weight excluding hydrogens is 252 g/mol. The minimum atomic E-state index is -0.987. The number of hydrogen-bond donors (Lipinski definition) is 1. The molecule has 0 aliphatic heterocycles.